The molecule has 0 saturated carbocycles. The van der Waals surface area contributed by atoms with Gasteiger partial charge in [-0.3, -0.25) is 4.90 Å². The van der Waals surface area contributed by atoms with Crippen molar-refractivity contribution in [1.29, 1.82) is 0 Å². The summed E-state index contributed by atoms with van der Waals surface area (Å²) in [5.41, 5.74) is 2.11. The molecule has 0 atom stereocenters. The molecule has 0 radical (unpaired) electrons. The fourth-order valence-corrected chi connectivity index (χ4v) is 3.60. The Balaban J connectivity index is 1.71. The molecule has 1 aliphatic heterocycles. The number of nitrogens with zero attached hydrogens (tertiary/aromatic N) is 2. The number of hydrogen-bond acceptors (Lipinski definition) is 6. The van der Waals surface area contributed by atoms with Crippen LogP contribution in [0.2, 0.25) is 0 Å². The van der Waals surface area contributed by atoms with Gasteiger partial charge in [-0.25, -0.2) is 4.98 Å². The maximum atomic E-state index is 9.58. The zero-order chi connectivity index (χ0) is 16.2. The quantitative estimate of drug-likeness (QED) is 0.911. The van der Waals surface area contributed by atoms with Gasteiger partial charge in [0.25, 0.3) is 0 Å². The Morgan fingerprint density at radius 3 is 2.65 bits per heavy atom. The first kappa shape index (κ1) is 16.2. The van der Waals surface area contributed by atoms with Crippen LogP contribution in [0.25, 0.3) is 10.6 Å². The Morgan fingerprint density at radius 1 is 1.22 bits per heavy atom. The number of rotatable bonds is 5. The lowest BCUT2D eigenvalue weighted by atomic mass is 10.1. The molecule has 0 aliphatic carbocycles. The zero-order valence-corrected chi connectivity index (χ0v) is 14.3. The average Bonchev–Trinajstić information content (AvgIpc) is 3.05. The highest BCUT2D eigenvalue weighted by molar-refractivity contribution is 7.13. The van der Waals surface area contributed by atoms with Crippen molar-refractivity contribution in [3.05, 3.63) is 29.3 Å². The summed E-state index contributed by atoms with van der Waals surface area (Å²) in [5, 5.41) is 12.7. The second-order valence-corrected chi connectivity index (χ2v) is 6.58. The molecule has 2 aromatic rings. The monoisotopic (exact) mass is 334 g/mol. The second kappa shape index (κ2) is 7.29. The fraction of sp³-hybridized carbons (Fsp3) is 0.471. The molecule has 6 heteroatoms. The SMILES string of the molecule is COc1ccc(-c2nc(CN3CCC(O)CC3)cs2)cc1OC. The minimum absolute atomic E-state index is 0.135. The summed E-state index contributed by atoms with van der Waals surface area (Å²) in [6.07, 6.45) is 1.57. The van der Waals surface area contributed by atoms with Crippen molar-refractivity contribution in [2.45, 2.75) is 25.5 Å². The van der Waals surface area contributed by atoms with Crippen LogP contribution in [-0.2, 0) is 6.54 Å². The summed E-state index contributed by atoms with van der Waals surface area (Å²) in [7, 11) is 3.27. The summed E-state index contributed by atoms with van der Waals surface area (Å²) in [4.78, 5) is 7.09. The number of aromatic nitrogens is 1. The van der Waals surface area contributed by atoms with E-state index >= 15 is 0 Å². The van der Waals surface area contributed by atoms with Crippen LogP contribution in [0.3, 0.4) is 0 Å². The van der Waals surface area contributed by atoms with E-state index in [1.54, 1.807) is 25.6 Å². The van der Waals surface area contributed by atoms with Crippen molar-refractivity contribution in [3.8, 4) is 22.1 Å². The Labute approximate surface area is 140 Å². The molecule has 0 spiro atoms. The van der Waals surface area contributed by atoms with Gasteiger partial charge < -0.3 is 14.6 Å². The maximum Gasteiger partial charge on any atom is 0.161 e. The third kappa shape index (κ3) is 3.83. The summed E-state index contributed by atoms with van der Waals surface area (Å²) in [6.45, 7) is 2.71. The van der Waals surface area contributed by atoms with E-state index in [-0.39, 0.29) is 6.10 Å². The van der Waals surface area contributed by atoms with Crippen molar-refractivity contribution in [3.63, 3.8) is 0 Å². The van der Waals surface area contributed by atoms with Crippen molar-refractivity contribution in [2.24, 2.45) is 0 Å². The molecule has 1 aromatic carbocycles. The number of ether oxygens (including phenoxy) is 2. The van der Waals surface area contributed by atoms with Crippen LogP contribution < -0.4 is 9.47 Å². The molecular formula is C17H22N2O3S. The van der Waals surface area contributed by atoms with Gasteiger partial charge in [0.15, 0.2) is 11.5 Å². The summed E-state index contributed by atoms with van der Waals surface area (Å²) in [6, 6.07) is 5.86. The third-order valence-electron chi connectivity index (χ3n) is 4.12. The second-order valence-electron chi connectivity index (χ2n) is 5.72. The highest BCUT2D eigenvalue weighted by Crippen LogP contribution is 2.33. The third-order valence-corrected chi connectivity index (χ3v) is 5.07. The molecular weight excluding hydrogens is 312 g/mol. The van der Waals surface area contributed by atoms with E-state index in [4.69, 9.17) is 14.5 Å². The lowest BCUT2D eigenvalue weighted by molar-refractivity contribution is 0.0787. The van der Waals surface area contributed by atoms with Crippen LogP contribution in [0.4, 0.5) is 0 Å². The van der Waals surface area contributed by atoms with E-state index in [0.717, 1.165) is 54.5 Å². The number of hydrogen-bond donors (Lipinski definition) is 1. The Morgan fingerprint density at radius 2 is 1.96 bits per heavy atom. The van der Waals surface area contributed by atoms with Crippen molar-refractivity contribution < 1.29 is 14.6 Å². The van der Waals surface area contributed by atoms with Crippen LogP contribution in [0.5, 0.6) is 11.5 Å². The first-order valence-corrected chi connectivity index (χ1v) is 8.65. The van der Waals surface area contributed by atoms with Crippen LogP contribution in [0.15, 0.2) is 23.6 Å². The molecule has 1 saturated heterocycles. The summed E-state index contributed by atoms with van der Waals surface area (Å²) < 4.78 is 10.6. The van der Waals surface area contributed by atoms with Gasteiger partial charge in [-0.05, 0) is 31.0 Å². The number of thiazole rings is 1. The number of benzene rings is 1. The van der Waals surface area contributed by atoms with Crippen molar-refractivity contribution >= 4 is 11.3 Å². The normalized spacial score (nSPS) is 16.5. The Bertz CT molecular complexity index is 651. The van der Waals surface area contributed by atoms with E-state index in [0.29, 0.717) is 5.75 Å². The maximum absolute atomic E-state index is 9.58. The lowest BCUT2D eigenvalue weighted by Crippen LogP contribution is -2.35. The van der Waals surface area contributed by atoms with Gasteiger partial charge in [-0.15, -0.1) is 11.3 Å². The van der Waals surface area contributed by atoms with Crippen LogP contribution in [0, 0.1) is 0 Å². The van der Waals surface area contributed by atoms with Gasteiger partial charge >= 0.3 is 0 Å². The summed E-state index contributed by atoms with van der Waals surface area (Å²) in [5.74, 6) is 1.44. The molecule has 1 N–H and O–H groups in total. The molecule has 124 valence electrons. The molecule has 23 heavy (non-hydrogen) atoms. The van der Waals surface area contributed by atoms with E-state index in [2.05, 4.69) is 10.3 Å². The number of likely N-dealkylation sites (tertiary alicyclic amines) is 1. The van der Waals surface area contributed by atoms with E-state index < -0.39 is 0 Å². The topological polar surface area (TPSA) is 54.8 Å². The van der Waals surface area contributed by atoms with Crippen LogP contribution in [0.1, 0.15) is 18.5 Å². The first-order valence-electron chi connectivity index (χ1n) is 7.77. The van der Waals surface area contributed by atoms with E-state index in [1.165, 1.54) is 0 Å². The molecule has 2 heterocycles. The largest absolute Gasteiger partial charge is 0.493 e. The van der Waals surface area contributed by atoms with Gasteiger partial charge in [0.05, 0.1) is 26.0 Å². The van der Waals surface area contributed by atoms with Gasteiger partial charge in [-0.2, -0.15) is 0 Å². The molecule has 3 rings (SSSR count). The first-order chi connectivity index (χ1) is 11.2. The number of aliphatic hydroxyl groups is 1. The minimum atomic E-state index is -0.135. The summed E-state index contributed by atoms with van der Waals surface area (Å²) >= 11 is 1.64. The van der Waals surface area contributed by atoms with E-state index in [1.807, 2.05) is 18.2 Å². The van der Waals surface area contributed by atoms with Crippen LogP contribution >= 0.6 is 11.3 Å². The molecule has 0 amide bonds. The molecule has 1 aromatic heterocycles. The molecule has 0 bridgehead atoms. The smallest absolute Gasteiger partial charge is 0.161 e. The number of piperidine rings is 1. The molecule has 0 unspecified atom stereocenters. The van der Waals surface area contributed by atoms with Gasteiger partial charge in [0.1, 0.15) is 5.01 Å². The van der Waals surface area contributed by atoms with Crippen LogP contribution in [-0.4, -0.2) is 48.4 Å². The lowest BCUT2D eigenvalue weighted by Gasteiger charge is -2.28. The predicted octanol–water partition coefficient (Wildman–Crippen LogP) is 2.78. The number of aliphatic hydroxyl groups excluding tert-OH is 1. The standard InChI is InChI=1S/C17H22N2O3S/c1-21-15-4-3-12(9-16(15)22-2)17-18-13(11-23-17)10-19-7-5-14(20)6-8-19/h3-4,9,11,14,20H,5-8,10H2,1-2H3. The van der Waals surface area contributed by atoms with Gasteiger partial charge in [0, 0.05) is 30.6 Å². The zero-order valence-electron chi connectivity index (χ0n) is 13.5. The molecule has 5 nitrogen and oxygen atoms in total. The number of methoxy groups -OCH3 is 2. The van der Waals surface area contributed by atoms with Crippen molar-refractivity contribution in [2.75, 3.05) is 27.3 Å². The predicted molar refractivity (Wildman–Crippen MR) is 91.2 cm³/mol. The van der Waals surface area contributed by atoms with Crippen molar-refractivity contribution in [1.82, 2.24) is 9.88 Å². The highest BCUT2D eigenvalue weighted by Gasteiger charge is 2.18. The van der Waals surface area contributed by atoms with Gasteiger partial charge in [-0.1, -0.05) is 0 Å². The average molecular weight is 334 g/mol. The Hall–Kier alpha value is -1.63. The van der Waals surface area contributed by atoms with E-state index in [9.17, 15) is 5.11 Å². The highest BCUT2D eigenvalue weighted by atomic mass is 32.1. The molecule has 1 fully saturated rings. The Kier molecular flexibility index (Phi) is 5.15. The molecule has 1 aliphatic rings. The van der Waals surface area contributed by atoms with Gasteiger partial charge in [0.2, 0.25) is 0 Å². The fourth-order valence-electron chi connectivity index (χ4n) is 2.79. The minimum Gasteiger partial charge on any atom is -0.493 e.